The van der Waals surface area contributed by atoms with E-state index >= 15 is 0 Å². The third-order valence-electron chi connectivity index (χ3n) is 2.78. The molecule has 0 aromatic heterocycles. The van der Waals surface area contributed by atoms with Gasteiger partial charge in [-0.2, -0.15) is 0 Å². The quantitative estimate of drug-likeness (QED) is 0.682. The van der Waals surface area contributed by atoms with Crippen LogP contribution in [0, 0.1) is 5.92 Å². The summed E-state index contributed by atoms with van der Waals surface area (Å²) >= 11 is 3.57. The molecule has 0 nitrogen and oxygen atoms in total. The zero-order valence-electron chi connectivity index (χ0n) is 7.47. The lowest BCUT2D eigenvalue weighted by molar-refractivity contribution is 0.449. The Balaban J connectivity index is 2.36. The number of halogens is 1. The first-order valence-electron chi connectivity index (χ1n) is 4.47. The van der Waals surface area contributed by atoms with Gasteiger partial charge in [-0.05, 0) is 35.4 Å². The highest BCUT2D eigenvalue weighted by Gasteiger charge is 2.29. The number of hydrogen-bond acceptors (Lipinski definition) is 0. The van der Waals surface area contributed by atoms with E-state index in [4.69, 9.17) is 0 Å². The van der Waals surface area contributed by atoms with E-state index in [1.54, 1.807) is 5.56 Å². The maximum absolute atomic E-state index is 3.57. The lowest BCUT2D eigenvalue weighted by Crippen LogP contribution is -2.22. The van der Waals surface area contributed by atoms with Crippen LogP contribution in [0.2, 0.25) is 0 Å². The first-order chi connectivity index (χ1) is 5.70. The minimum atomic E-state index is 0.784. The van der Waals surface area contributed by atoms with Gasteiger partial charge in [-0.1, -0.05) is 41.9 Å². The predicted octanol–water partition coefficient (Wildman–Crippen LogP) is 3.74. The van der Waals surface area contributed by atoms with Crippen LogP contribution < -0.4 is 0 Å². The smallest absolute Gasteiger partial charge is 0.0210 e. The fraction of sp³-hybridized carbons (Fsp3) is 0.455. The van der Waals surface area contributed by atoms with E-state index in [-0.39, 0.29) is 0 Å². The Morgan fingerprint density at radius 3 is 2.83 bits per heavy atom. The summed E-state index contributed by atoms with van der Waals surface area (Å²) in [5, 5.41) is 0. The van der Waals surface area contributed by atoms with Crippen LogP contribution in [0.25, 0.3) is 0 Å². The molecular weight excluding hydrogens is 212 g/mol. The molecule has 0 unspecified atom stereocenters. The molecule has 12 heavy (non-hydrogen) atoms. The van der Waals surface area contributed by atoms with Crippen LogP contribution in [0.5, 0.6) is 0 Å². The molecule has 0 heterocycles. The van der Waals surface area contributed by atoms with E-state index in [9.17, 15) is 0 Å². The second-order valence-corrected chi connectivity index (χ2v) is 4.72. The van der Waals surface area contributed by atoms with Crippen molar-refractivity contribution in [3.8, 4) is 0 Å². The minimum absolute atomic E-state index is 0.784. The van der Waals surface area contributed by atoms with Gasteiger partial charge in [-0.25, -0.2) is 0 Å². The molecule has 1 heteroatoms. The molecule has 1 aliphatic rings. The van der Waals surface area contributed by atoms with Crippen LogP contribution in [0.1, 0.15) is 30.9 Å². The van der Waals surface area contributed by atoms with Crippen LogP contribution in [0.15, 0.2) is 22.7 Å². The largest absolute Gasteiger partial charge is 0.0622 e. The predicted molar refractivity (Wildman–Crippen MR) is 55.4 cm³/mol. The number of fused-ring (bicyclic) bond motifs is 1. The Morgan fingerprint density at radius 1 is 1.42 bits per heavy atom. The van der Waals surface area contributed by atoms with Gasteiger partial charge in [0.15, 0.2) is 0 Å². The van der Waals surface area contributed by atoms with Crippen molar-refractivity contribution in [1.29, 1.82) is 0 Å². The molecule has 1 atom stereocenters. The second-order valence-electron chi connectivity index (χ2n) is 3.86. The summed E-state index contributed by atoms with van der Waals surface area (Å²) in [4.78, 5) is 0. The van der Waals surface area contributed by atoms with Crippen molar-refractivity contribution in [3.05, 3.63) is 33.8 Å². The third kappa shape index (κ3) is 1.11. The summed E-state index contributed by atoms with van der Waals surface area (Å²) < 4.78 is 1.29. The summed E-state index contributed by atoms with van der Waals surface area (Å²) in [5.41, 5.74) is 3.08. The Labute approximate surface area is 82.1 Å². The molecule has 0 saturated carbocycles. The van der Waals surface area contributed by atoms with E-state index in [0.717, 1.165) is 11.8 Å². The highest BCUT2D eigenvalue weighted by Crippen LogP contribution is 2.43. The number of hydrogen-bond donors (Lipinski definition) is 0. The van der Waals surface area contributed by atoms with Gasteiger partial charge in [0.1, 0.15) is 0 Å². The van der Waals surface area contributed by atoms with Gasteiger partial charge < -0.3 is 0 Å². The Morgan fingerprint density at radius 2 is 2.17 bits per heavy atom. The van der Waals surface area contributed by atoms with Gasteiger partial charge >= 0.3 is 0 Å². The molecule has 0 saturated heterocycles. The molecule has 64 valence electrons. The summed E-state index contributed by atoms with van der Waals surface area (Å²) in [6.45, 7) is 4.60. The maximum Gasteiger partial charge on any atom is 0.0210 e. The molecule has 0 N–H and O–H groups in total. The lowest BCUT2D eigenvalue weighted by Gasteiger charge is -2.34. The van der Waals surface area contributed by atoms with Crippen LogP contribution in [-0.2, 0) is 6.42 Å². The van der Waals surface area contributed by atoms with E-state index in [1.165, 1.54) is 16.5 Å². The highest BCUT2D eigenvalue weighted by molar-refractivity contribution is 9.10. The lowest BCUT2D eigenvalue weighted by atomic mass is 9.72. The summed E-state index contributed by atoms with van der Waals surface area (Å²) in [6, 6.07) is 6.53. The zero-order valence-corrected chi connectivity index (χ0v) is 9.06. The van der Waals surface area contributed by atoms with Gasteiger partial charge in [0.25, 0.3) is 0 Å². The van der Waals surface area contributed by atoms with E-state index in [2.05, 4.69) is 48.0 Å². The molecular formula is C11H13Br. The SMILES string of the molecule is CC(C)[C@H]1Cc2c(Br)cccc21. The van der Waals surface area contributed by atoms with Gasteiger partial charge in [0.2, 0.25) is 0 Å². The van der Waals surface area contributed by atoms with Crippen LogP contribution >= 0.6 is 15.9 Å². The topological polar surface area (TPSA) is 0 Å². The van der Waals surface area contributed by atoms with Crippen molar-refractivity contribution in [2.75, 3.05) is 0 Å². The molecule has 0 radical (unpaired) electrons. The third-order valence-corrected chi connectivity index (χ3v) is 3.53. The molecule has 0 amide bonds. The van der Waals surface area contributed by atoms with Crippen molar-refractivity contribution in [2.45, 2.75) is 26.2 Å². The first-order valence-corrected chi connectivity index (χ1v) is 5.26. The first kappa shape index (κ1) is 8.31. The molecule has 0 bridgehead atoms. The van der Waals surface area contributed by atoms with Crippen molar-refractivity contribution < 1.29 is 0 Å². The average molecular weight is 225 g/mol. The summed E-state index contributed by atoms with van der Waals surface area (Å²) in [5.74, 6) is 1.59. The van der Waals surface area contributed by atoms with E-state index < -0.39 is 0 Å². The zero-order chi connectivity index (χ0) is 8.72. The molecule has 0 spiro atoms. The Kier molecular flexibility index (Phi) is 1.99. The van der Waals surface area contributed by atoms with Gasteiger partial charge in [-0.3, -0.25) is 0 Å². The summed E-state index contributed by atoms with van der Waals surface area (Å²) in [7, 11) is 0. The number of benzene rings is 1. The normalized spacial score (nSPS) is 20.5. The standard InChI is InChI=1S/C11H13Br/c1-7(2)9-6-10-8(9)4-3-5-11(10)12/h3-5,7,9H,6H2,1-2H3/t9-/m1/s1. The van der Waals surface area contributed by atoms with Gasteiger partial charge in [0.05, 0.1) is 0 Å². The average Bonchev–Trinajstić information content (AvgIpc) is 1.92. The minimum Gasteiger partial charge on any atom is -0.0622 e. The maximum atomic E-state index is 3.57. The fourth-order valence-corrected chi connectivity index (χ4v) is 2.48. The van der Waals surface area contributed by atoms with Crippen molar-refractivity contribution >= 4 is 15.9 Å². The Hall–Kier alpha value is -0.300. The summed E-state index contributed by atoms with van der Waals surface area (Å²) in [6.07, 6.45) is 1.26. The molecule has 2 rings (SSSR count). The molecule has 0 fully saturated rings. The monoisotopic (exact) mass is 224 g/mol. The van der Waals surface area contributed by atoms with Crippen LogP contribution in [0.4, 0.5) is 0 Å². The molecule has 1 aromatic rings. The van der Waals surface area contributed by atoms with E-state index in [1.807, 2.05) is 0 Å². The van der Waals surface area contributed by atoms with Gasteiger partial charge in [0, 0.05) is 4.47 Å². The van der Waals surface area contributed by atoms with Crippen molar-refractivity contribution in [2.24, 2.45) is 5.92 Å². The second kappa shape index (κ2) is 2.88. The fourth-order valence-electron chi connectivity index (χ4n) is 1.93. The van der Waals surface area contributed by atoms with Crippen LogP contribution in [0.3, 0.4) is 0 Å². The highest BCUT2D eigenvalue weighted by atomic mass is 79.9. The number of rotatable bonds is 1. The van der Waals surface area contributed by atoms with Crippen molar-refractivity contribution in [1.82, 2.24) is 0 Å². The Bertz CT molecular complexity index is 302. The van der Waals surface area contributed by atoms with Crippen molar-refractivity contribution in [3.63, 3.8) is 0 Å². The van der Waals surface area contributed by atoms with Crippen LogP contribution in [-0.4, -0.2) is 0 Å². The molecule has 1 aliphatic carbocycles. The van der Waals surface area contributed by atoms with E-state index in [0.29, 0.717) is 0 Å². The molecule has 0 aliphatic heterocycles. The molecule has 1 aromatic carbocycles. The van der Waals surface area contributed by atoms with Gasteiger partial charge in [-0.15, -0.1) is 0 Å².